The van der Waals surface area contributed by atoms with Crippen molar-refractivity contribution in [3.8, 4) is 0 Å². The minimum atomic E-state index is 0.139. The Morgan fingerprint density at radius 1 is 1.22 bits per heavy atom. The van der Waals surface area contributed by atoms with Gasteiger partial charge in [0.25, 0.3) is 0 Å². The molecular weight excluding hydrogens is 340 g/mol. The number of aliphatic imine (C=N–C) groups is 1. The van der Waals surface area contributed by atoms with E-state index in [0.29, 0.717) is 12.5 Å². The van der Waals surface area contributed by atoms with Crippen LogP contribution in [-0.2, 0) is 17.9 Å². The summed E-state index contributed by atoms with van der Waals surface area (Å²) in [6, 6.07) is 8.38. The number of hydrogen-bond donors (Lipinski definition) is 2. The standard InChI is InChI=1S/C20H28N6O/c1-2-22-20(24-14-19(27)26-9-3-4-10-26)23-13-17-6-5-7-18(12-17)15-25-11-8-21-16-25/h5-8,11-12,16H,2-4,9-10,13-15H2,1H3,(H2,22,23,24). The highest BCUT2D eigenvalue weighted by atomic mass is 16.2. The summed E-state index contributed by atoms with van der Waals surface area (Å²) in [7, 11) is 0. The maximum atomic E-state index is 12.2. The van der Waals surface area contributed by atoms with Gasteiger partial charge < -0.3 is 20.1 Å². The van der Waals surface area contributed by atoms with Crippen molar-refractivity contribution >= 4 is 11.9 Å². The summed E-state index contributed by atoms with van der Waals surface area (Å²) in [4.78, 5) is 22.8. The van der Waals surface area contributed by atoms with Crippen molar-refractivity contribution in [3.05, 3.63) is 54.1 Å². The molecule has 0 radical (unpaired) electrons. The lowest BCUT2D eigenvalue weighted by atomic mass is 10.1. The van der Waals surface area contributed by atoms with Crippen molar-refractivity contribution in [1.82, 2.24) is 25.1 Å². The Hall–Kier alpha value is -2.83. The van der Waals surface area contributed by atoms with Crippen LogP contribution in [0.15, 0.2) is 48.0 Å². The van der Waals surface area contributed by atoms with Gasteiger partial charge in [0, 0.05) is 38.6 Å². The molecule has 0 unspecified atom stereocenters. The zero-order chi connectivity index (χ0) is 18.9. The number of likely N-dealkylation sites (tertiary alicyclic amines) is 1. The molecule has 1 aromatic carbocycles. The Labute approximate surface area is 160 Å². The van der Waals surface area contributed by atoms with E-state index in [1.54, 1.807) is 6.20 Å². The first-order chi connectivity index (χ1) is 13.2. The van der Waals surface area contributed by atoms with Crippen LogP contribution in [0.3, 0.4) is 0 Å². The summed E-state index contributed by atoms with van der Waals surface area (Å²) >= 11 is 0. The van der Waals surface area contributed by atoms with Gasteiger partial charge in [-0.05, 0) is 30.9 Å². The van der Waals surface area contributed by atoms with Gasteiger partial charge in [-0.3, -0.25) is 4.79 Å². The third kappa shape index (κ3) is 5.84. The van der Waals surface area contributed by atoms with Crippen molar-refractivity contribution in [1.29, 1.82) is 0 Å². The summed E-state index contributed by atoms with van der Waals surface area (Å²) in [5.41, 5.74) is 2.35. The van der Waals surface area contributed by atoms with Gasteiger partial charge in [0.2, 0.25) is 5.91 Å². The normalized spacial score (nSPS) is 14.4. The second-order valence-electron chi connectivity index (χ2n) is 6.69. The van der Waals surface area contributed by atoms with Crippen LogP contribution in [-0.4, -0.2) is 52.5 Å². The fourth-order valence-electron chi connectivity index (χ4n) is 3.17. The molecule has 1 aromatic heterocycles. The Morgan fingerprint density at radius 2 is 2.04 bits per heavy atom. The number of amides is 1. The Bertz CT molecular complexity index is 750. The van der Waals surface area contributed by atoms with E-state index in [9.17, 15) is 4.79 Å². The maximum Gasteiger partial charge on any atom is 0.241 e. The van der Waals surface area contributed by atoms with Gasteiger partial charge >= 0.3 is 0 Å². The largest absolute Gasteiger partial charge is 0.357 e. The molecular formula is C20H28N6O. The second-order valence-corrected chi connectivity index (χ2v) is 6.69. The molecule has 0 aliphatic carbocycles. The predicted molar refractivity (Wildman–Crippen MR) is 106 cm³/mol. The van der Waals surface area contributed by atoms with Gasteiger partial charge in [0.05, 0.1) is 19.4 Å². The summed E-state index contributed by atoms with van der Waals surface area (Å²) in [6.07, 6.45) is 7.77. The second kappa shape index (κ2) is 9.75. The average molecular weight is 368 g/mol. The van der Waals surface area contributed by atoms with Crippen LogP contribution in [0, 0.1) is 0 Å². The molecule has 7 heteroatoms. The van der Waals surface area contributed by atoms with Crippen molar-refractivity contribution in [2.24, 2.45) is 4.99 Å². The maximum absolute atomic E-state index is 12.2. The average Bonchev–Trinajstić information content (AvgIpc) is 3.38. The zero-order valence-corrected chi connectivity index (χ0v) is 15.9. The van der Waals surface area contributed by atoms with Crippen LogP contribution in [0.2, 0.25) is 0 Å². The Kier molecular flexibility index (Phi) is 6.84. The topological polar surface area (TPSA) is 74.5 Å². The first-order valence-electron chi connectivity index (χ1n) is 9.58. The minimum Gasteiger partial charge on any atom is -0.357 e. The van der Waals surface area contributed by atoms with Crippen LogP contribution in [0.25, 0.3) is 0 Å². The SMILES string of the molecule is CCNC(=NCc1cccc(Cn2ccnc2)c1)NCC(=O)N1CCCC1. The minimum absolute atomic E-state index is 0.139. The smallest absolute Gasteiger partial charge is 0.241 e. The number of guanidine groups is 1. The lowest BCUT2D eigenvalue weighted by Gasteiger charge is -2.17. The summed E-state index contributed by atoms with van der Waals surface area (Å²) in [5.74, 6) is 0.811. The van der Waals surface area contributed by atoms with Crippen LogP contribution < -0.4 is 10.6 Å². The molecule has 1 amide bonds. The number of benzene rings is 1. The van der Waals surface area contributed by atoms with Gasteiger partial charge in [-0.15, -0.1) is 0 Å². The molecule has 0 spiro atoms. The van der Waals surface area contributed by atoms with Crippen LogP contribution >= 0.6 is 0 Å². The molecule has 0 atom stereocenters. The van der Waals surface area contributed by atoms with Crippen molar-refractivity contribution in [2.75, 3.05) is 26.2 Å². The molecule has 7 nitrogen and oxygen atoms in total. The highest BCUT2D eigenvalue weighted by Crippen LogP contribution is 2.09. The monoisotopic (exact) mass is 368 g/mol. The van der Waals surface area contributed by atoms with E-state index in [-0.39, 0.29) is 12.5 Å². The van der Waals surface area contributed by atoms with Gasteiger partial charge in [0.15, 0.2) is 5.96 Å². The summed E-state index contributed by atoms with van der Waals surface area (Å²) < 4.78 is 2.04. The number of imidazole rings is 1. The predicted octanol–water partition coefficient (Wildman–Crippen LogP) is 1.61. The molecule has 1 fully saturated rings. The quantitative estimate of drug-likeness (QED) is 0.575. The molecule has 2 aromatic rings. The van der Waals surface area contributed by atoms with E-state index in [2.05, 4.69) is 38.8 Å². The molecule has 144 valence electrons. The molecule has 2 N–H and O–H groups in total. The Morgan fingerprint density at radius 3 is 2.78 bits per heavy atom. The lowest BCUT2D eigenvalue weighted by molar-refractivity contribution is -0.128. The molecule has 0 saturated carbocycles. The number of nitrogens with one attached hydrogen (secondary N) is 2. The fraction of sp³-hybridized carbons (Fsp3) is 0.450. The third-order valence-corrected chi connectivity index (χ3v) is 4.55. The van der Waals surface area contributed by atoms with E-state index < -0.39 is 0 Å². The number of nitrogens with zero attached hydrogens (tertiary/aromatic N) is 4. The van der Waals surface area contributed by atoms with Gasteiger partial charge in [-0.25, -0.2) is 9.98 Å². The molecule has 27 heavy (non-hydrogen) atoms. The zero-order valence-electron chi connectivity index (χ0n) is 15.9. The molecule has 1 aliphatic heterocycles. The number of aromatic nitrogens is 2. The third-order valence-electron chi connectivity index (χ3n) is 4.55. The van der Waals surface area contributed by atoms with E-state index in [1.807, 2.05) is 35.0 Å². The van der Waals surface area contributed by atoms with Crippen molar-refractivity contribution < 1.29 is 4.79 Å². The lowest BCUT2D eigenvalue weighted by Crippen LogP contribution is -2.44. The molecule has 1 aliphatic rings. The van der Waals surface area contributed by atoms with Crippen LogP contribution in [0.5, 0.6) is 0 Å². The van der Waals surface area contributed by atoms with E-state index in [1.165, 1.54) is 5.56 Å². The first-order valence-corrected chi connectivity index (χ1v) is 9.58. The highest BCUT2D eigenvalue weighted by molar-refractivity contribution is 5.86. The molecule has 0 bridgehead atoms. The van der Waals surface area contributed by atoms with Crippen LogP contribution in [0.4, 0.5) is 0 Å². The summed E-state index contributed by atoms with van der Waals surface area (Å²) in [6.45, 7) is 6.16. The number of hydrogen-bond acceptors (Lipinski definition) is 3. The van der Waals surface area contributed by atoms with E-state index >= 15 is 0 Å². The number of carbonyl (C=O) groups excluding carboxylic acids is 1. The molecule has 1 saturated heterocycles. The first kappa shape index (κ1) is 18.9. The molecule has 3 rings (SSSR count). The number of carbonyl (C=O) groups is 1. The number of rotatable bonds is 7. The summed E-state index contributed by atoms with van der Waals surface area (Å²) in [5, 5.41) is 6.36. The van der Waals surface area contributed by atoms with E-state index in [0.717, 1.165) is 44.6 Å². The molecule has 2 heterocycles. The van der Waals surface area contributed by atoms with E-state index in [4.69, 9.17) is 0 Å². The highest BCUT2D eigenvalue weighted by Gasteiger charge is 2.17. The van der Waals surface area contributed by atoms with Gasteiger partial charge in [0.1, 0.15) is 0 Å². The Balaban J connectivity index is 1.56. The van der Waals surface area contributed by atoms with Crippen molar-refractivity contribution in [3.63, 3.8) is 0 Å². The van der Waals surface area contributed by atoms with Crippen molar-refractivity contribution in [2.45, 2.75) is 32.9 Å². The van der Waals surface area contributed by atoms with Gasteiger partial charge in [-0.1, -0.05) is 24.3 Å². The van der Waals surface area contributed by atoms with Gasteiger partial charge in [-0.2, -0.15) is 0 Å². The fourth-order valence-corrected chi connectivity index (χ4v) is 3.17. The van der Waals surface area contributed by atoms with Crippen LogP contribution in [0.1, 0.15) is 30.9 Å².